The Hall–Kier alpha value is -2.25. The van der Waals surface area contributed by atoms with Crippen molar-refractivity contribution in [3.8, 4) is 0 Å². The molecule has 198 valence electrons. The van der Waals surface area contributed by atoms with Gasteiger partial charge in [0, 0.05) is 29.7 Å². The van der Waals surface area contributed by atoms with Gasteiger partial charge < -0.3 is 14.7 Å². The summed E-state index contributed by atoms with van der Waals surface area (Å²) < 4.78 is 5.96. The van der Waals surface area contributed by atoms with E-state index in [0.717, 1.165) is 10.6 Å². The van der Waals surface area contributed by atoms with Gasteiger partial charge in [-0.1, -0.05) is 40.7 Å². The highest BCUT2D eigenvalue weighted by Crippen LogP contribution is 2.51. The van der Waals surface area contributed by atoms with E-state index in [4.69, 9.17) is 4.74 Å². The summed E-state index contributed by atoms with van der Waals surface area (Å²) in [5, 5.41) is 13.0. The molecular formula is C29H42N2O4S. The lowest BCUT2D eigenvalue weighted by molar-refractivity contribution is -0.168. The average Bonchev–Trinajstić information content (AvgIpc) is 3.36. The lowest BCUT2D eigenvalue weighted by Gasteiger charge is -2.41. The number of ether oxygens (including phenoxy) is 1. The van der Waals surface area contributed by atoms with Crippen LogP contribution >= 0.6 is 11.3 Å². The molecule has 1 aliphatic heterocycles. The monoisotopic (exact) mass is 514 g/mol. The zero-order chi connectivity index (χ0) is 27.1. The zero-order valence-corrected chi connectivity index (χ0v) is 24.0. The van der Waals surface area contributed by atoms with Crippen molar-refractivity contribution < 1.29 is 19.4 Å². The average molecular weight is 515 g/mol. The molecular weight excluding hydrogens is 472 g/mol. The van der Waals surface area contributed by atoms with Crippen molar-refractivity contribution >= 4 is 23.2 Å². The van der Waals surface area contributed by atoms with Crippen LogP contribution in [0.2, 0.25) is 0 Å². The molecule has 0 unspecified atom stereocenters. The van der Waals surface area contributed by atoms with Gasteiger partial charge in [0.1, 0.15) is 16.1 Å². The Balaban J connectivity index is 2.22. The van der Waals surface area contributed by atoms with Crippen LogP contribution in [0.1, 0.15) is 101 Å². The highest BCUT2D eigenvalue weighted by molar-refractivity contribution is 7.09. The van der Waals surface area contributed by atoms with Gasteiger partial charge in [0.25, 0.3) is 5.91 Å². The number of hydrogen-bond donors (Lipinski definition) is 1. The summed E-state index contributed by atoms with van der Waals surface area (Å²) in [5.74, 6) is -0.868. The van der Waals surface area contributed by atoms with E-state index in [2.05, 4.69) is 25.8 Å². The number of aryl methyl sites for hydroxylation is 1. The Morgan fingerprint density at radius 2 is 1.89 bits per heavy atom. The third-order valence-corrected chi connectivity index (χ3v) is 7.60. The van der Waals surface area contributed by atoms with E-state index in [1.54, 1.807) is 11.1 Å². The van der Waals surface area contributed by atoms with E-state index in [9.17, 15) is 14.7 Å². The van der Waals surface area contributed by atoms with Crippen LogP contribution in [0.4, 0.5) is 0 Å². The number of aromatic nitrogens is 1. The first-order valence-electron chi connectivity index (χ1n) is 12.8. The SMILES string of the molecule is Cc1cc(C(=O)N2[C@@H](c3nccs3)[C@@H](CO)C[C@@]2(CC(C)C)C(=O)OC(C)(C)C)ccc1C(C)(C)C. The molecule has 7 heteroatoms. The van der Waals surface area contributed by atoms with Crippen LogP contribution < -0.4 is 0 Å². The maximum Gasteiger partial charge on any atom is 0.332 e. The molecule has 1 aromatic carbocycles. The number of rotatable bonds is 6. The van der Waals surface area contributed by atoms with Crippen LogP contribution in [0.25, 0.3) is 0 Å². The lowest BCUT2D eigenvalue weighted by Crippen LogP contribution is -2.56. The van der Waals surface area contributed by atoms with E-state index < -0.39 is 23.2 Å². The number of amides is 1. The number of carbonyl (C=O) groups is 2. The Labute approximate surface area is 220 Å². The fourth-order valence-electron chi connectivity index (χ4n) is 5.57. The number of benzene rings is 1. The number of carbonyl (C=O) groups excluding carboxylic acids is 2. The Morgan fingerprint density at radius 3 is 2.36 bits per heavy atom. The lowest BCUT2D eigenvalue weighted by atomic mass is 9.82. The summed E-state index contributed by atoms with van der Waals surface area (Å²) in [6, 6.07) is 5.27. The second-order valence-electron chi connectivity index (χ2n) is 12.5. The maximum absolute atomic E-state index is 14.4. The first kappa shape index (κ1) is 28.3. The molecule has 1 saturated heterocycles. The molecule has 0 aliphatic carbocycles. The summed E-state index contributed by atoms with van der Waals surface area (Å²) >= 11 is 1.44. The maximum atomic E-state index is 14.4. The van der Waals surface area contributed by atoms with Gasteiger partial charge in [0.05, 0.1) is 6.04 Å². The molecule has 0 spiro atoms. The Bertz CT molecular complexity index is 1080. The van der Waals surface area contributed by atoms with Crippen molar-refractivity contribution in [2.45, 2.75) is 97.8 Å². The van der Waals surface area contributed by atoms with Crippen molar-refractivity contribution in [2.24, 2.45) is 11.8 Å². The van der Waals surface area contributed by atoms with Crippen molar-refractivity contribution in [1.82, 2.24) is 9.88 Å². The molecule has 1 aromatic heterocycles. The predicted molar refractivity (Wildman–Crippen MR) is 144 cm³/mol. The van der Waals surface area contributed by atoms with Crippen molar-refractivity contribution in [3.05, 3.63) is 51.5 Å². The molecule has 2 aromatic rings. The van der Waals surface area contributed by atoms with E-state index in [1.807, 2.05) is 65.1 Å². The minimum Gasteiger partial charge on any atom is -0.458 e. The minimum absolute atomic E-state index is 0.0529. The minimum atomic E-state index is -1.21. The first-order valence-corrected chi connectivity index (χ1v) is 13.7. The van der Waals surface area contributed by atoms with Crippen molar-refractivity contribution in [3.63, 3.8) is 0 Å². The summed E-state index contributed by atoms with van der Waals surface area (Å²) in [6.07, 6.45) is 2.46. The summed E-state index contributed by atoms with van der Waals surface area (Å²) in [4.78, 5) is 34.6. The standard InChI is InChI=1S/C29H42N2O4S/c1-18(2)15-29(26(34)35-28(7,8)9)16-21(17-32)23(24-30-12-13-36-24)31(29)25(33)20-10-11-22(19(3)14-20)27(4,5)6/h10-14,18,21,23,32H,15-17H2,1-9H3/t21-,23-,29+/m1/s1. The van der Waals surface area contributed by atoms with Crippen molar-refractivity contribution in [1.29, 1.82) is 0 Å². The van der Waals surface area contributed by atoms with Crippen LogP contribution in [0.15, 0.2) is 29.8 Å². The fourth-order valence-corrected chi connectivity index (χ4v) is 6.39. The number of aliphatic hydroxyl groups excluding tert-OH is 1. The van der Waals surface area contributed by atoms with E-state index in [-0.39, 0.29) is 29.8 Å². The van der Waals surface area contributed by atoms with Crippen LogP contribution in [-0.2, 0) is 14.9 Å². The van der Waals surface area contributed by atoms with Gasteiger partial charge in [-0.25, -0.2) is 9.78 Å². The number of likely N-dealkylation sites (tertiary alicyclic amines) is 1. The van der Waals surface area contributed by atoms with Crippen LogP contribution in [-0.4, -0.2) is 44.6 Å². The molecule has 0 saturated carbocycles. The van der Waals surface area contributed by atoms with Gasteiger partial charge in [0.15, 0.2) is 0 Å². The third kappa shape index (κ3) is 5.67. The van der Waals surface area contributed by atoms with Crippen LogP contribution in [0.5, 0.6) is 0 Å². The quantitative estimate of drug-likeness (QED) is 0.473. The topological polar surface area (TPSA) is 79.7 Å². The number of nitrogens with zero attached hydrogens (tertiary/aromatic N) is 2. The zero-order valence-electron chi connectivity index (χ0n) is 23.2. The number of aliphatic hydroxyl groups is 1. The fraction of sp³-hybridized carbons (Fsp3) is 0.621. The second kappa shape index (κ2) is 10.3. The molecule has 6 nitrogen and oxygen atoms in total. The highest BCUT2D eigenvalue weighted by Gasteiger charge is 2.60. The van der Waals surface area contributed by atoms with Gasteiger partial charge in [0.2, 0.25) is 0 Å². The van der Waals surface area contributed by atoms with Gasteiger partial charge in [-0.2, -0.15) is 0 Å². The molecule has 0 bridgehead atoms. The van der Waals surface area contributed by atoms with Gasteiger partial charge in [-0.15, -0.1) is 11.3 Å². The van der Waals surface area contributed by atoms with E-state index >= 15 is 0 Å². The van der Waals surface area contributed by atoms with Crippen LogP contribution in [0, 0.1) is 18.8 Å². The summed E-state index contributed by atoms with van der Waals surface area (Å²) in [7, 11) is 0. The van der Waals surface area contributed by atoms with Gasteiger partial charge >= 0.3 is 5.97 Å². The van der Waals surface area contributed by atoms with E-state index in [0.29, 0.717) is 18.4 Å². The normalized spacial score (nSPS) is 22.8. The number of esters is 1. The first-order chi connectivity index (χ1) is 16.6. The number of hydrogen-bond acceptors (Lipinski definition) is 6. The Kier molecular flexibility index (Phi) is 8.07. The van der Waals surface area contributed by atoms with E-state index in [1.165, 1.54) is 16.9 Å². The molecule has 36 heavy (non-hydrogen) atoms. The summed E-state index contributed by atoms with van der Waals surface area (Å²) in [5.41, 5.74) is 0.753. The number of thiazole rings is 1. The third-order valence-electron chi connectivity index (χ3n) is 6.75. The largest absolute Gasteiger partial charge is 0.458 e. The molecule has 1 N–H and O–H groups in total. The molecule has 3 atom stereocenters. The molecule has 1 aliphatic rings. The molecule has 0 radical (unpaired) electrons. The summed E-state index contributed by atoms with van der Waals surface area (Å²) in [6.45, 7) is 17.9. The predicted octanol–water partition coefficient (Wildman–Crippen LogP) is 6.07. The van der Waals surface area contributed by atoms with Crippen LogP contribution in [0.3, 0.4) is 0 Å². The molecule has 2 heterocycles. The molecule has 3 rings (SSSR count). The van der Waals surface area contributed by atoms with Crippen molar-refractivity contribution in [2.75, 3.05) is 6.61 Å². The smallest absolute Gasteiger partial charge is 0.332 e. The highest BCUT2D eigenvalue weighted by atomic mass is 32.1. The second-order valence-corrected chi connectivity index (χ2v) is 13.5. The molecule has 1 fully saturated rings. The Morgan fingerprint density at radius 1 is 1.22 bits per heavy atom. The van der Waals surface area contributed by atoms with Gasteiger partial charge in [-0.05, 0) is 75.1 Å². The molecule has 1 amide bonds. The van der Waals surface area contributed by atoms with Gasteiger partial charge in [-0.3, -0.25) is 4.79 Å².